The van der Waals surface area contributed by atoms with Crippen molar-refractivity contribution in [1.29, 1.82) is 0 Å². The van der Waals surface area contributed by atoms with Crippen molar-refractivity contribution in [2.24, 2.45) is 0 Å². The standard InChI is InChI=1S/C19H14N2O5S/c1-2-26-19(23)17-15(20-18(27-17)13-6-4-3-5-7-13)16(22)12-8-10-14(11-9-12)21(24)25/h3-11H,2H2,1H3. The van der Waals surface area contributed by atoms with Gasteiger partial charge in [0.1, 0.15) is 15.6 Å². The number of nitrogens with zero attached hydrogens (tertiary/aromatic N) is 2. The van der Waals surface area contributed by atoms with Crippen LogP contribution in [0.4, 0.5) is 5.69 Å². The Bertz CT molecular complexity index is 997. The molecule has 2 aromatic carbocycles. The zero-order chi connectivity index (χ0) is 19.4. The highest BCUT2D eigenvalue weighted by molar-refractivity contribution is 7.17. The molecule has 7 nitrogen and oxygen atoms in total. The average Bonchev–Trinajstić information content (AvgIpc) is 3.14. The highest BCUT2D eigenvalue weighted by atomic mass is 32.1. The van der Waals surface area contributed by atoms with E-state index < -0.39 is 16.7 Å². The number of hydrogen-bond donors (Lipinski definition) is 0. The number of benzene rings is 2. The van der Waals surface area contributed by atoms with E-state index >= 15 is 0 Å². The minimum Gasteiger partial charge on any atom is -0.462 e. The van der Waals surface area contributed by atoms with Crippen molar-refractivity contribution < 1.29 is 19.2 Å². The normalized spacial score (nSPS) is 10.4. The van der Waals surface area contributed by atoms with Gasteiger partial charge in [-0.1, -0.05) is 30.3 Å². The fourth-order valence-corrected chi connectivity index (χ4v) is 3.35. The molecule has 27 heavy (non-hydrogen) atoms. The van der Waals surface area contributed by atoms with Crippen molar-refractivity contribution >= 4 is 28.8 Å². The van der Waals surface area contributed by atoms with Crippen LogP contribution in [0.15, 0.2) is 54.6 Å². The van der Waals surface area contributed by atoms with Gasteiger partial charge in [-0.2, -0.15) is 0 Å². The van der Waals surface area contributed by atoms with E-state index in [1.54, 1.807) is 6.92 Å². The molecule has 0 N–H and O–H groups in total. The quantitative estimate of drug-likeness (QED) is 0.275. The number of rotatable bonds is 6. The van der Waals surface area contributed by atoms with Crippen LogP contribution in [-0.2, 0) is 4.74 Å². The lowest BCUT2D eigenvalue weighted by Crippen LogP contribution is -2.11. The van der Waals surface area contributed by atoms with Crippen LogP contribution in [0.25, 0.3) is 10.6 Å². The number of ketones is 1. The van der Waals surface area contributed by atoms with Gasteiger partial charge in [0.25, 0.3) is 5.69 Å². The molecule has 1 heterocycles. The third kappa shape index (κ3) is 3.90. The van der Waals surface area contributed by atoms with Gasteiger partial charge in [0.15, 0.2) is 0 Å². The Morgan fingerprint density at radius 3 is 2.37 bits per heavy atom. The Labute approximate surface area is 158 Å². The maximum absolute atomic E-state index is 12.9. The summed E-state index contributed by atoms with van der Waals surface area (Å²) in [4.78, 5) is 39.9. The zero-order valence-corrected chi connectivity index (χ0v) is 15.1. The molecule has 136 valence electrons. The first kappa shape index (κ1) is 18.4. The predicted octanol–water partition coefficient (Wildman–Crippen LogP) is 4.13. The lowest BCUT2D eigenvalue weighted by Gasteiger charge is -2.02. The van der Waals surface area contributed by atoms with Gasteiger partial charge in [0.05, 0.1) is 11.5 Å². The van der Waals surface area contributed by atoms with E-state index in [0.717, 1.165) is 16.9 Å². The van der Waals surface area contributed by atoms with Gasteiger partial charge >= 0.3 is 5.97 Å². The van der Waals surface area contributed by atoms with Crippen molar-refractivity contribution in [3.63, 3.8) is 0 Å². The minimum absolute atomic E-state index is 0.0221. The smallest absolute Gasteiger partial charge is 0.350 e. The summed E-state index contributed by atoms with van der Waals surface area (Å²) in [7, 11) is 0. The topological polar surface area (TPSA) is 99.4 Å². The van der Waals surface area contributed by atoms with E-state index in [1.165, 1.54) is 24.3 Å². The molecule has 0 amide bonds. The van der Waals surface area contributed by atoms with Gasteiger partial charge in [-0.15, -0.1) is 11.3 Å². The number of thiazole rings is 1. The van der Waals surface area contributed by atoms with Gasteiger partial charge in [-0.3, -0.25) is 14.9 Å². The van der Waals surface area contributed by atoms with Crippen LogP contribution >= 0.6 is 11.3 Å². The van der Waals surface area contributed by atoms with E-state index in [9.17, 15) is 19.7 Å². The summed E-state index contributed by atoms with van der Waals surface area (Å²) in [6.45, 7) is 1.84. The second-order valence-electron chi connectivity index (χ2n) is 5.42. The van der Waals surface area contributed by atoms with Crippen LogP contribution in [0.2, 0.25) is 0 Å². The van der Waals surface area contributed by atoms with E-state index in [4.69, 9.17) is 4.74 Å². The fourth-order valence-electron chi connectivity index (χ4n) is 2.38. The molecule has 0 aliphatic rings. The molecule has 0 saturated carbocycles. The molecule has 0 atom stereocenters. The first-order valence-electron chi connectivity index (χ1n) is 8.03. The Hall–Kier alpha value is -3.39. The van der Waals surface area contributed by atoms with Crippen molar-refractivity contribution in [3.8, 4) is 10.6 Å². The Kier molecular flexibility index (Phi) is 5.37. The van der Waals surface area contributed by atoms with Gasteiger partial charge in [-0.25, -0.2) is 9.78 Å². The SMILES string of the molecule is CCOC(=O)c1sc(-c2ccccc2)nc1C(=O)c1ccc([N+](=O)[O-])cc1. The third-order valence-corrected chi connectivity index (χ3v) is 4.75. The van der Waals surface area contributed by atoms with Crippen LogP contribution in [0.1, 0.15) is 32.6 Å². The Morgan fingerprint density at radius 1 is 1.11 bits per heavy atom. The molecule has 0 aliphatic heterocycles. The fraction of sp³-hybridized carbons (Fsp3) is 0.105. The number of ether oxygens (including phenoxy) is 1. The summed E-state index contributed by atoms with van der Waals surface area (Å²) < 4.78 is 5.04. The lowest BCUT2D eigenvalue weighted by atomic mass is 10.1. The number of nitro benzene ring substituents is 1. The first-order valence-corrected chi connectivity index (χ1v) is 8.85. The number of carbonyl (C=O) groups is 2. The summed E-state index contributed by atoms with van der Waals surface area (Å²) in [5.74, 6) is -1.12. The molecule has 0 saturated heterocycles. The molecule has 0 bridgehead atoms. The van der Waals surface area contributed by atoms with Gasteiger partial charge in [-0.05, 0) is 19.1 Å². The second kappa shape index (κ2) is 7.88. The number of carbonyl (C=O) groups excluding carboxylic acids is 2. The maximum atomic E-state index is 12.9. The lowest BCUT2D eigenvalue weighted by molar-refractivity contribution is -0.384. The number of non-ortho nitro benzene ring substituents is 1. The highest BCUT2D eigenvalue weighted by Crippen LogP contribution is 2.30. The number of esters is 1. The predicted molar refractivity (Wildman–Crippen MR) is 100 cm³/mol. The number of aromatic nitrogens is 1. The summed E-state index contributed by atoms with van der Waals surface area (Å²) in [5.41, 5.74) is 0.832. The summed E-state index contributed by atoms with van der Waals surface area (Å²) in [6.07, 6.45) is 0. The Balaban J connectivity index is 2.04. The molecule has 8 heteroatoms. The van der Waals surface area contributed by atoms with Crippen molar-refractivity contribution in [3.05, 3.63) is 80.8 Å². The van der Waals surface area contributed by atoms with Crippen LogP contribution < -0.4 is 0 Å². The molecular formula is C19H14N2O5S. The van der Waals surface area contributed by atoms with Crippen molar-refractivity contribution in [2.45, 2.75) is 6.92 Å². The average molecular weight is 382 g/mol. The molecule has 3 rings (SSSR count). The van der Waals surface area contributed by atoms with E-state index in [2.05, 4.69) is 4.98 Å². The molecule has 0 fully saturated rings. The molecule has 0 aliphatic carbocycles. The summed E-state index contributed by atoms with van der Waals surface area (Å²) in [6, 6.07) is 14.3. The number of hydrogen-bond acceptors (Lipinski definition) is 7. The first-order chi connectivity index (χ1) is 13.0. The highest BCUT2D eigenvalue weighted by Gasteiger charge is 2.26. The molecule has 1 aromatic heterocycles. The maximum Gasteiger partial charge on any atom is 0.350 e. The van der Waals surface area contributed by atoms with E-state index in [0.29, 0.717) is 5.01 Å². The second-order valence-corrected chi connectivity index (χ2v) is 6.42. The third-order valence-electron chi connectivity index (χ3n) is 3.66. The molecular weight excluding hydrogens is 368 g/mol. The van der Waals surface area contributed by atoms with E-state index in [1.807, 2.05) is 30.3 Å². The van der Waals surface area contributed by atoms with Crippen LogP contribution in [0, 0.1) is 10.1 Å². The molecule has 0 spiro atoms. The monoisotopic (exact) mass is 382 g/mol. The summed E-state index contributed by atoms with van der Waals surface area (Å²) >= 11 is 1.08. The van der Waals surface area contributed by atoms with Crippen molar-refractivity contribution in [1.82, 2.24) is 4.98 Å². The van der Waals surface area contributed by atoms with Gasteiger partial charge < -0.3 is 4.74 Å². The van der Waals surface area contributed by atoms with Crippen LogP contribution in [0.3, 0.4) is 0 Å². The van der Waals surface area contributed by atoms with Crippen molar-refractivity contribution in [2.75, 3.05) is 6.61 Å². The largest absolute Gasteiger partial charge is 0.462 e. The van der Waals surface area contributed by atoms with Gasteiger partial charge in [0, 0.05) is 23.3 Å². The van der Waals surface area contributed by atoms with Gasteiger partial charge in [0.2, 0.25) is 5.78 Å². The van der Waals surface area contributed by atoms with Crippen LogP contribution in [0.5, 0.6) is 0 Å². The minimum atomic E-state index is -0.623. The summed E-state index contributed by atoms with van der Waals surface area (Å²) in [5, 5.41) is 11.3. The molecule has 0 radical (unpaired) electrons. The number of nitro groups is 1. The van der Waals surface area contributed by atoms with E-state index in [-0.39, 0.29) is 28.4 Å². The zero-order valence-electron chi connectivity index (χ0n) is 14.2. The molecule has 3 aromatic rings. The Morgan fingerprint density at radius 2 is 1.78 bits per heavy atom. The molecule has 0 unspecified atom stereocenters. The van der Waals surface area contributed by atoms with Crippen LogP contribution in [-0.4, -0.2) is 28.3 Å².